The Bertz CT molecular complexity index is 477. The number of ether oxygens (including phenoxy) is 3. The van der Waals surface area contributed by atoms with Crippen LogP contribution >= 0.6 is 7.82 Å². The van der Waals surface area contributed by atoms with Gasteiger partial charge < -0.3 is 24.0 Å². The number of hydrogen-bond acceptors (Lipinski definition) is 5. The van der Waals surface area contributed by atoms with E-state index in [0.717, 1.165) is 25.0 Å². The molecular weight excluding hydrogens is 347 g/mol. The zero-order valence-corrected chi connectivity index (χ0v) is 15.6. The van der Waals surface area contributed by atoms with Crippen molar-refractivity contribution in [3.8, 4) is 5.75 Å². The molecule has 0 aromatic heterocycles. The summed E-state index contributed by atoms with van der Waals surface area (Å²) in [7, 11) is -4.50. The van der Waals surface area contributed by atoms with E-state index in [4.69, 9.17) is 28.5 Å². The standard InChI is InChI=1S/C17H29O7P/c1-2-3-5-10-17(24-25(18,19)20)15-22-12-11-21-13-14-23-16-8-6-4-7-9-16/h4,6-9,17H,2-3,5,10-15H2,1H3,(H2,18,19,20). The zero-order chi connectivity index (χ0) is 18.4. The highest BCUT2D eigenvalue weighted by atomic mass is 31.2. The maximum Gasteiger partial charge on any atom is 0.469 e. The average molecular weight is 376 g/mol. The van der Waals surface area contributed by atoms with Gasteiger partial charge in [-0.2, -0.15) is 0 Å². The second-order valence-electron chi connectivity index (χ2n) is 5.56. The van der Waals surface area contributed by atoms with E-state index >= 15 is 0 Å². The van der Waals surface area contributed by atoms with Crippen LogP contribution in [0.5, 0.6) is 5.75 Å². The van der Waals surface area contributed by atoms with Crippen molar-refractivity contribution in [2.45, 2.75) is 38.7 Å². The lowest BCUT2D eigenvalue weighted by Gasteiger charge is -2.18. The molecule has 1 atom stereocenters. The van der Waals surface area contributed by atoms with E-state index < -0.39 is 13.9 Å². The fourth-order valence-corrected chi connectivity index (χ4v) is 2.71. The van der Waals surface area contributed by atoms with Gasteiger partial charge in [-0.1, -0.05) is 44.4 Å². The van der Waals surface area contributed by atoms with Gasteiger partial charge >= 0.3 is 7.82 Å². The number of rotatable bonds is 15. The van der Waals surface area contributed by atoms with E-state index in [2.05, 4.69) is 6.92 Å². The Kier molecular flexibility index (Phi) is 11.7. The summed E-state index contributed by atoms with van der Waals surface area (Å²) in [5.74, 6) is 0.798. The number of benzene rings is 1. The van der Waals surface area contributed by atoms with Crippen LogP contribution in [-0.2, 0) is 18.6 Å². The van der Waals surface area contributed by atoms with Crippen LogP contribution in [0, 0.1) is 0 Å². The molecule has 0 heterocycles. The van der Waals surface area contributed by atoms with Crippen molar-refractivity contribution in [3.63, 3.8) is 0 Å². The lowest BCUT2D eigenvalue weighted by Crippen LogP contribution is -2.21. The maximum atomic E-state index is 11.0. The molecule has 0 saturated carbocycles. The van der Waals surface area contributed by atoms with Crippen LogP contribution < -0.4 is 4.74 Å². The second-order valence-corrected chi connectivity index (χ2v) is 6.75. The van der Waals surface area contributed by atoms with Crippen LogP contribution in [0.15, 0.2) is 30.3 Å². The third kappa shape index (κ3) is 13.0. The molecule has 0 fully saturated rings. The molecule has 0 amide bonds. The molecule has 1 rings (SSSR count). The highest BCUT2D eigenvalue weighted by Crippen LogP contribution is 2.38. The van der Waals surface area contributed by atoms with Gasteiger partial charge in [0.05, 0.1) is 32.5 Å². The van der Waals surface area contributed by atoms with E-state index in [1.807, 2.05) is 30.3 Å². The fraction of sp³-hybridized carbons (Fsp3) is 0.647. The van der Waals surface area contributed by atoms with Crippen molar-refractivity contribution in [2.24, 2.45) is 0 Å². The molecule has 0 bridgehead atoms. The first kappa shape index (κ1) is 22.1. The highest BCUT2D eigenvalue weighted by Gasteiger charge is 2.22. The van der Waals surface area contributed by atoms with Crippen LogP contribution in [0.3, 0.4) is 0 Å². The fourth-order valence-electron chi connectivity index (χ4n) is 2.15. The van der Waals surface area contributed by atoms with Crippen molar-refractivity contribution in [2.75, 3.05) is 33.0 Å². The quantitative estimate of drug-likeness (QED) is 0.359. The van der Waals surface area contributed by atoms with Crippen molar-refractivity contribution in [1.29, 1.82) is 0 Å². The topological polar surface area (TPSA) is 94.5 Å². The minimum Gasteiger partial charge on any atom is -0.491 e. The predicted molar refractivity (Wildman–Crippen MR) is 94.6 cm³/mol. The largest absolute Gasteiger partial charge is 0.491 e. The summed E-state index contributed by atoms with van der Waals surface area (Å²) < 4.78 is 32.0. The van der Waals surface area contributed by atoms with Crippen molar-refractivity contribution >= 4 is 7.82 Å². The smallest absolute Gasteiger partial charge is 0.469 e. The summed E-state index contributed by atoms with van der Waals surface area (Å²) in [6.45, 7) is 3.81. The SMILES string of the molecule is CCCCCC(COCCOCCOc1ccccc1)OP(=O)(O)O. The summed E-state index contributed by atoms with van der Waals surface area (Å²) in [5, 5.41) is 0. The summed E-state index contributed by atoms with van der Waals surface area (Å²) >= 11 is 0. The van der Waals surface area contributed by atoms with Gasteiger partial charge in [0, 0.05) is 0 Å². The lowest BCUT2D eigenvalue weighted by molar-refractivity contribution is -0.00352. The molecule has 0 aliphatic carbocycles. The summed E-state index contributed by atoms with van der Waals surface area (Å²) in [4.78, 5) is 17.9. The van der Waals surface area contributed by atoms with Crippen LogP contribution in [0.1, 0.15) is 32.6 Å². The Morgan fingerprint density at radius 1 is 1.00 bits per heavy atom. The van der Waals surface area contributed by atoms with Crippen LogP contribution in [0.25, 0.3) is 0 Å². The molecule has 1 aromatic rings. The van der Waals surface area contributed by atoms with Gasteiger partial charge in [0.25, 0.3) is 0 Å². The van der Waals surface area contributed by atoms with Gasteiger partial charge in [0.15, 0.2) is 0 Å². The normalized spacial score (nSPS) is 12.9. The molecule has 0 radical (unpaired) electrons. The number of phosphoric ester groups is 1. The Labute approximate surface area is 149 Å². The minimum absolute atomic E-state index is 0.138. The summed E-state index contributed by atoms with van der Waals surface area (Å²) in [6.07, 6.45) is 2.82. The van der Waals surface area contributed by atoms with Crippen LogP contribution in [0.4, 0.5) is 0 Å². The van der Waals surface area contributed by atoms with Gasteiger partial charge in [-0.15, -0.1) is 0 Å². The first-order chi connectivity index (χ1) is 12.0. The Morgan fingerprint density at radius 3 is 2.36 bits per heavy atom. The van der Waals surface area contributed by atoms with E-state index in [1.165, 1.54) is 0 Å². The van der Waals surface area contributed by atoms with E-state index in [-0.39, 0.29) is 6.61 Å². The van der Waals surface area contributed by atoms with E-state index in [1.54, 1.807) is 0 Å². The van der Waals surface area contributed by atoms with Gasteiger partial charge in [-0.25, -0.2) is 4.57 Å². The first-order valence-corrected chi connectivity index (χ1v) is 10.1. The van der Waals surface area contributed by atoms with Gasteiger partial charge in [0.1, 0.15) is 12.4 Å². The lowest BCUT2D eigenvalue weighted by atomic mass is 10.1. The third-order valence-electron chi connectivity index (χ3n) is 3.33. The van der Waals surface area contributed by atoms with Crippen molar-refractivity contribution < 1.29 is 33.1 Å². The highest BCUT2D eigenvalue weighted by molar-refractivity contribution is 7.46. The maximum absolute atomic E-state index is 11.0. The van der Waals surface area contributed by atoms with Gasteiger partial charge in [0.2, 0.25) is 0 Å². The molecule has 144 valence electrons. The molecule has 7 nitrogen and oxygen atoms in total. The number of hydrogen-bond donors (Lipinski definition) is 2. The number of phosphoric acid groups is 1. The Morgan fingerprint density at radius 2 is 1.68 bits per heavy atom. The second kappa shape index (κ2) is 13.3. The van der Waals surface area contributed by atoms with Gasteiger partial charge in [-0.3, -0.25) is 4.52 Å². The predicted octanol–water partition coefficient (Wildman–Crippen LogP) is 3.16. The number of unbranched alkanes of at least 4 members (excludes halogenated alkanes) is 2. The minimum atomic E-state index is -4.50. The van der Waals surface area contributed by atoms with Crippen LogP contribution in [-0.4, -0.2) is 48.9 Å². The van der Waals surface area contributed by atoms with Crippen molar-refractivity contribution in [1.82, 2.24) is 0 Å². The van der Waals surface area contributed by atoms with Gasteiger partial charge in [-0.05, 0) is 18.6 Å². The first-order valence-electron chi connectivity index (χ1n) is 8.58. The molecule has 1 aromatic carbocycles. The molecule has 0 aliphatic rings. The van der Waals surface area contributed by atoms with E-state index in [0.29, 0.717) is 32.8 Å². The third-order valence-corrected chi connectivity index (χ3v) is 3.90. The molecular formula is C17H29O7P. The molecule has 25 heavy (non-hydrogen) atoms. The molecule has 0 saturated heterocycles. The Balaban J connectivity index is 2.07. The summed E-state index contributed by atoms with van der Waals surface area (Å²) in [6, 6.07) is 9.49. The van der Waals surface area contributed by atoms with E-state index in [9.17, 15) is 4.57 Å². The molecule has 1 unspecified atom stereocenters. The number of para-hydroxylation sites is 1. The summed E-state index contributed by atoms with van der Waals surface area (Å²) in [5.41, 5.74) is 0. The monoisotopic (exact) mass is 376 g/mol. The zero-order valence-electron chi connectivity index (χ0n) is 14.7. The molecule has 2 N–H and O–H groups in total. The van der Waals surface area contributed by atoms with Crippen LogP contribution in [0.2, 0.25) is 0 Å². The Hall–Kier alpha value is -0.950. The molecule has 0 spiro atoms. The van der Waals surface area contributed by atoms with Crippen molar-refractivity contribution in [3.05, 3.63) is 30.3 Å². The average Bonchev–Trinajstić information content (AvgIpc) is 2.57. The molecule has 0 aliphatic heterocycles. The molecule has 8 heteroatoms.